The van der Waals surface area contributed by atoms with E-state index in [1.54, 1.807) is 0 Å². The van der Waals surface area contributed by atoms with Crippen LogP contribution in [0.2, 0.25) is 0 Å². The number of fused-ring (bicyclic) bond motifs is 1. The van der Waals surface area contributed by atoms with Crippen molar-refractivity contribution >= 4 is 11.6 Å². The summed E-state index contributed by atoms with van der Waals surface area (Å²) in [5.41, 5.74) is 3.60. The fraction of sp³-hybridized carbons (Fsp3) is 0.273. The highest BCUT2D eigenvalue weighted by Gasteiger charge is 2.16. The van der Waals surface area contributed by atoms with Crippen LogP contribution in [0.15, 0.2) is 54.7 Å². The first-order valence-electron chi connectivity index (χ1n) is 9.34. The van der Waals surface area contributed by atoms with Crippen LogP contribution in [0.4, 0.5) is 5.69 Å². The summed E-state index contributed by atoms with van der Waals surface area (Å²) in [5.74, 6) is 1.66. The summed E-state index contributed by atoms with van der Waals surface area (Å²) in [4.78, 5) is 17.2. The summed E-state index contributed by atoms with van der Waals surface area (Å²) < 4.78 is 7.87. The molecule has 27 heavy (non-hydrogen) atoms. The van der Waals surface area contributed by atoms with Crippen LogP contribution in [0.1, 0.15) is 24.2 Å². The van der Waals surface area contributed by atoms with Crippen molar-refractivity contribution in [1.82, 2.24) is 9.55 Å². The van der Waals surface area contributed by atoms with E-state index in [4.69, 9.17) is 9.72 Å². The van der Waals surface area contributed by atoms with Gasteiger partial charge in [0, 0.05) is 24.7 Å². The van der Waals surface area contributed by atoms with Gasteiger partial charge in [-0.15, -0.1) is 0 Å². The van der Waals surface area contributed by atoms with Gasteiger partial charge < -0.3 is 14.6 Å². The lowest BCUT2D eigenvalue weighted by Crippen LogP contribution is -2.20. The van der Waals surface area contributed by atoms with Crippen molar-refractivity contribution in [2.75, 3.05) is 11.9 Å². The topological polar surface area (TPSA) is 56.1 Å². The van der Waals surface area contributed by atoms with Gasteiger partial charge in [0.2, 0.25) is 0 Å². The minimum atomic E-state index is -0.185. The molecule has 3 aromatic rings. The van der Waals surface area contributed by atoms with E-state index in [0.717, 1.165) is 47.0 Å². The molecule has 0 saturated carbocycles. The minimum absolute atomic E-state index is 0.0289. The number of nitrogens with one attached hydrogen (secondary N) is 1. The highest BCUT2D eigenvalue weighted by Crippen LogP contribution is 2.29. The minimum Gasteiger partial charge on any atom is -0.483 e. The van der Waals surface area contributed by atoms with Crippen molar-refractivity contribution in [3.05, 3.63) is 66.1 Å². The largest absolute Gasteiger partial charge is 0.483 e. The molecule has 2 heterocycles. The molecule has 0 aliphatic carbocycles. The lowest BCUT2D eigenvalue weighted by Gasteiger charge is -2.12. The van der Waals surface area contributed by atoms with Gasteiger partial charge in [0.05, 0.1) is 11.4 Å². The molecule has 138 valence electrons. The summed E-state index contributed by atoms with van der Waals surface area (Å²) in [7, 11) is 0. The molecular weight excluding hydrogens is 338 g/mol. The first-order valence-corrected chi connectivity index (χ1v) is 9.34. The fourth-order valence-electron chi connectivity index (χ4n) is 3.41. The van der Waals surface area contributed by atoms with Gasteiger partial charge in [-0.3, -0.25) is 4.79 Å². The maximum Gasteiger partial charge on any atom is 0.262 e. The summed E-state index contributed by atoms with van der Waals surface area (Å²) in [6, 6.07) is 15.4. The van der Waals surface area contributed by atoms with Gasteiger partial charge in [0.15, 0.2) is 6.61 Å². The molecule has 1 amide bonds. The Morgan fingerprint density at radius 2 is 1.96 bits per heavy atom. The number of aryl methyl sites for hydroxylation is 3. The second-order valence-corrected chi connectivity index (χ2v) is 6.84. The Hall–Kier alpha value is -3.08. The molecule has 0 unspecified atom stereocenters. The van der Waals surface area contributed by atoms with E-state index < -0.39 is 0 Å². The van der Waals surface area contributed by atoms with Gasteiger partial charge in [0.1, 0.15) is 11.6 Å². The van der Waals surface area contributed by atoms with E-state index in [-0.39, 0.29) is 12.5 Å². The van der Waals surface area contributed by atoms with Gasteiger partial charge >= 0.3 is 0 Å². The van der Waals surface area contributed by atoms with Crippen LogP contribution >= 0.6 is 0 Å². The normalized spacial score (nSPS) is 13.1. The second-order valence-electron chi connectivity index (χ2n) is 6.84. The van der Waals surface area contributed by atoms with Crippen LogP contribution in [-0.4, -0.2) is 22.1 Å². The van der Waals surface area contributed by atoms with Gasteiger partial charge in [0.25, 0.3) is 5.91 Å². The number of benzene rings is 2. The van der Waals surface area contributed by atoms with Crippen molar-refractivity contribution in [3.8, 4) is 17.0 Å². The number of amides is 1. The van der Waals surface area contributed by atoms with E-state index >= 15 is 0 Å². The number of carbonyl (C=O) groups is 1. The first kappa shape index (κ1) is 17.3. The van der Waals surface area contributed by atoms with Gasteiger partial charge in [-0.1, -0.05) is 36.4 Å². The third-order valence-electron chi connectivity index (χ3n) is 4.84. The lowest BCUT2D eigenvalue weighted by molar-refractivity contribution is -0.118. The Kier molecular flexibility index (Phi) is 4.92. The molecule has 0 atom stereocenters. The summed E-state index contributed by atoms with van der Waals surface area (Å²) in [5, 5.41) is 2.97. The Bertz CT molecular complexity index is 938. The van der Waals surface area contributed by atoms with Crippen LogP contribution < -0.4 is 10.1 Å². The van der Waals surface area contributed by atoms with E-state index in [9.17, 15) is 4.79 Å². The zero-order valence-corrected chi connectivity index (χ0v) is 15.4. The van der Waals surface area contributed by atoms with Crippen LogP contribution in [0.5, 0.6) is 5.75 Å². The number of hydrogen-bond acceptors (Lipinski definition) is 3. The number of imidazole rings is 1. The van der Waals surface area contributed by atoms with E-state index in [1.807, 2.05) is 55.5 Å². The quantitative estimate of drug-likeness (QED) is 0.740. The Morgan fingerprint density at radius 3 is 2.81 bits per heavy atom. The molecule has 1 aliphatic heterocycles. The number of anilines is 1. The Morgan fingerprint density at radius 1 is 1.15 bits per heavy atom. The van der Waals surface area contributed by atoms with Crippen molar-refractivity contribution in [2.24, 2.45) is 0 Å². The average molecular weight is 361 g/mol. The van der Waals surface area contributed by atoms with Crippen molar-refractivity contribution in [3.63, 3.8) is 0 Å². The highest BCUT2D eigenvalue weighted by atomic mass is 16.5. The smallest absolute Gasteiger partial charge is 0.262 e. The molecule has 5 nitrogen and oxygen atoms in total. The van der Waals surface area contributed by atoms with Crippen LogP contribution in [0.25, 0.3) is 11.3 Å². The van der Waals surface area contributed by atoms with Crippen molar-refractivity contribution in [1.29, 1.82) is 0 Å². The zero-order valence-electron chi connectivity index (χ0n) is 15.4. The number of rotatable bonds is 5. The molecular formula is C22H23N3O2. The molecule has 5 heteroatoms. The Balaban J connectivity index is 1.49. The molecule has 0 radical (unpaired) electrons. The monoisotopic (exact) mass is 361 g/mol. The number of hydrogen-bond donors (Lipinski definition) is 1. The molecule has 4 rings (SSSR count). The molecule has 1 aromatic heterocycles. The van der Waals surface area contributed by atoms with Gasteiger partial charge in [-0.25, -0.2) is 4.98 Å². The average Bonchev–Trinajstić information content (AvgIpc) is 3.12. The molecule has 0 bridgehead atoms. The van der Waals surface area contributed by atoms with E-state index in [1.165, 1.54) is 12.8 Å². The van der Waals surface area contributed by atoms with E-state index in [2.05, 4.69) is 16.1 Å². The van der Waals surface area contributed by atoms with Crippen molar-refractivity contribution < 1.29 is 9.53 Å². The highest BCUT2D eigenvalue weighted by molar-refractivity contribution is 5.95. The Labute approximate surface area is 159 Å². The summed E-state index contributed by atoms with van der Waals surface area (Å²) in [6.45, 7) is 2.95. The number of para-hydroxylation sites is 2. The summed E-state index contributed by atoms with van der Waals surface area (Å²) in [6.07, 6.45) is 5.48. The molecule has 0 fully saturated rings. The van der Waals surface area contributed by atoms with Crippen LogP contribution in [-0.2, 0) is 17.8 Å². The maximum absolute atomic E-state index is 12.4. The summed E-state index contributed by atoms with van der Waals surface area (Å²) >= 11 is 0. The number of ether oxygens (including phenoxy) is 1. The first-order chi connectivity index (χ1) is 13.2. The fourth-order valence-corrected chi connectivity index (χ4v) is 3.41. The standard InChI is InChI=1S/C22H23N3O2/c1-16-8-2-5-11-20(16)27-15-22(26)24-18-10-4-3-9-17(18)19-14-25-13-7-6-12-21(25)23-19/h2-5,8-11,14H,6-7,12-13,15H2,1H3,(H,24,26). The molecule has 0 spiro atoms. The molecule has 1 N–H and O–H groups in total. The second kappa shape index (κ2) is 7.66. The van der Waals surface area contributed by atoms with Gasteiger partial charge in [-0.05, 0) is 37.5 Å². The zero-order chi connectivity index (χ0) is 18.6. The number of carbonyl (C=O) groups excluding carboxylic acids is 1. The molecule has 0 saturated heterocycles. The maximum atomic E-state index is 12.4. The number of aromatic nitrogens is 2. The van der Waals surface area contributed by atoms with Gasteiger partial charge in [-0.2, -0.15) is 0 Å². The number of nitrogens with zero attached hydrogens (tertiary/aromatic N) is 2. The van der Waals surface area contributed by atoms with Crippen LogP contribution in [0, 0.1) is 6.92 Å². The van der Waals surface area contributed by atoms with Crippen LogP contribution in [0.3, 0.4) is 0 Å². The molecule has 1 aliphatic rings. The van der Waals surface area contributed by atoms with E-state index in [0.29, 0.717) is 0 Å². The predicted molar refractivity (Wildman–Crippen MR) is 106 cm³/mol. The lowest BCUT2D eigenvalue weighted by atomic mass is 10.1. The van der Waals surface area contributed by atoms with Crippen molar-refractivity contribution in [2.45, 2.75) is 32.7 Å². The SMILES string of the molecule is Cc1ccccc1OCC(=O)Nc1ccccc1-c1cn2c(n1)CCCC2. The third kappa shape index (κ3) is 3.87. The molecule has 2 aromatic carbocycles. The predicted octanol–water partition coefficient (Wildman–Crippen LogP) is 4.21. The third-order valence-corrected chi connectivity index (χ3v) is 4.84.